The summed E-state index contributed by atoms with van der Waals surface area (Å²) in [7, 11) is 1.52. The van der Waals surface area contributed by atoms with Crippen molar-refractivity contribution in [3.05, 3.63) is 36.0 Å². The number of methoxy groups -OCH3 is 1. The van der Waals surface area contributed by atoms with Crippen molar-refractivity contribution in [1.82, 2.24) is 15.0 Å². The molecule has 0 aromatic carbocycles. The molecule has 0 amide bonds. The van der Waals surface area contributed by atoms with Crippen LogP contribution in [0.1, 0.15) is 5.56 Å². The monoisotopic (exact) mass is 357 g/mol. The summed E-state index contributed by atoms with van der Waals surface area (Å²) in [5.74, 6) is -0.00742. The molecule has 3 heterocycles. The molecule has 0 aliphatic carbocycles. The van der Waals surface area contributed by atoms with Crippen LogP contribution in [0.15, 0.2) is 24.7 Å². The third-order valence-electron chi connectivity index (χ3n) is 3.86. The van der Waals surface area contributed by atoms with Crippen molar-refractivity contribution in [1.29, 1.82) is 0 Å². The Bertz CT molecular complexity index is 730. The fraction of sp³-hybridized carbons (Fsp3) is 0.400. The summed E-state index contributed by atoms with van der Waals surface area (Å²) in [6.45, 7) is 1.78. The zero-order valence-electron chi connectivity index (χ0n) is 13.3. The zero-order valence-corrected chi connectivity index (χ0v) is 13.3. The maximum absolute atomic E-state index is 14.0. The Morgan fingerprint density at radius 3 is 2.08 bits per heavy atom. The number of pyridine rings is 1. The van der Waals surface area contributed by atoms with E-state index in [1.165, 1.54) is 7.11 Å². The minimum atomic E-state index is -4.61. The third-order valence-corrected chi connectivity index (χ3v) is 3.86. The van der Waals surface area contributed by atoms with Gasteiger partial charge >= 0.3 is 6.18 Å². The van der Waals surface area contributed by atoms with Gasteiger partial charge in [-0.25, -0.2) is 19.3 Å². The summed E-state index contributed by atoms with van der Waals surface area (Å²) in [6.07, 6.45) is -0.869. The van der Waals surface area contributed by atoms with Crippen molar-refractivity contribution in [2.75, 3.05) is 43.1 Å². The first kappa shape index (κ1) is 17.2. The smallest absolute Gasteiger partial charge is 0.417 e. The quantitative estimate of drug-likeness (QED) is 0.786. The van der Waals surface area contributed by atoms with Crippen molar-refractivity contribution in [3.63, 3.8) is 0 Å². The first-order chi connectivity index (χ1) is 11.9. The van der Waals surface area contributed by atoms with Gasteiger partial charge in [0.15, 0.2) is 17.4 Å². The number of rotatable bonds is 3. The average molecular weight is 357 g/mol. The van der Waals surface area contributed by atoms with Gasteiger partial charge in [-0.15, -0.1) is 0 Å². The molecule has 1 aliphatic heterocycles. The van der Waals surface area contributed by atoms with Gasteiger partial charge in [-0.3, -0.25) is 0 Å². The second kappa shape index (κ2) is 6.69. The molecule has 1 aliphatic rings. The van der Waals surface area contributed by atoms with E-state index in [0.29, 0.717) is 50.1 Å². The summed E-state index contributed by atoms with van der Waals surface area (Å²) >= 11 is 0. The van der Waals surface area contributed by atoms with Crippen LogP contribution < -0.4 is 14.5 Å². The van der Waals surface area contributed by atoms with Gasteiger partial charge in [0.05, 0.1) is 25.1 Å². The third kappa shape index (κ3) is 3.72. The molecule has 6 nitrogen and oxygen atoms in total. The second-order valence-corrected chi connectivity index (χ2v) is 5.42. The van der Waals surface area contributed by atoms with E-state index in [4.69, 9.17) is 4.74 Å². The molecule has 0 unspecified atom stereocenters. The molecule has 1 fully saturated rings. The molecule has 1 saturated heterocycles. The molecule has 3 rings (SSSR count). The summed E-state index contributed by atoms with van der Waals surface area (Å²) in [5, 5.41) is 0. The highest BCUT2D eigenvalue weighted by Crippen LogP contribution is 2.31. The molecular weight excluding hydrogens is 342 g/mol. The van der Waals surface area contributed by atoms with Crippen molar-refractivity contribution in [2.45, 2.75) is 6.18 Å². The number of halogens is 4. The van der Waals surface area contributed by atoms with E-state index in [1.54, 1.807) is 17.3 Å². The topological polar surface area (TPSA) is 54.4 Å². The van der Waals surface area contributed by atoms with E-state index in [-0.39, 0.29) is 5.82 Å². The lowest BCUT2D eigenvalue weighted by Gasteiger charge is -2.35. The van der Waals surface area contributed by atoms with Crippen LogP contribution in [0.4, 0.5) is 29.3 Å². The summed E-state index contributed by atoms with van der Waals surface area (Å²) < 4.78 is 56.8. The number of piperazine rings is 1. The van der Waals surface area contributed by atoms with Gasteiger partial charge < -0.3 is 14.5 Å². The number of alkyl halides is 3. The van der Waals surface area contributed by atoms with Gasteiger partial charge in [0.1, 0.15) is 0 Å². The van der Waals surface area contributed by atoms with Crippen LogP contribution in [0.2, 0.25) is 0 Å². The van der Waals surface area contributed by atoms with Crippen molar-refractivity contribution >= 4 is 11.8 Å². The Morgan fingerprint density at radius 2 is 1.56 bits per heavy atom. The predicted octanol–water partition coefficient (Wildman–Crippen LogP) is 2.36. The molecule has 0 radical (unpaired) electrons. The van der Waals surface area contributed by atoms with E-state index < -0.39 is 17.6 Å². The highest BCUT2D eigenvalue weighted by Gasteiger charge is 2.32. The second-order valence-electron chi connectivity index (χ2n) is 5.42. The van der Waals surface area contributed by atoms with Crippen molar-refractivity contribution < 1.29 is 22.3 Å². The van der Waals surface area contributed by atoms with Gasteiger partial charge in [0.25, 0.3) is 0 Å². The first-order valence-corrected chi connectivity index (χ1v) is 7.47. The van der Waals surface area contributed by atoms with E-state index in [2.05, 4.69) is 15.0 Å². The number of ether oxygens (including phenoxy) is 1. The lowest BCUT2D eigenvalue weighted by Crippen LogP contribution is -2.47. The maximum Gasteiger partial charge on any atom is 0.417 e. The van der Waals surface area contributed by atoms with Gasteiger partial charge in [-0.05, 0) is 6.07 Å². The van der Waals surface area contributed by atoms with Crippen LogP contribution in [0.25, 0.3) is 0 Å². The maximum atomic E-state index is 14.0. The number of hydrogen-bond acceptors (Lipinski definition) is 6. The molecule has 0 spiro atoms. The molecule has 25 heavy (non-hydrogen) atoms. The first-order valence-electron chi connectivity index (χ1n) is 7.47. The highest BCUT2D eigenvalue weighted by atomic mass is 19.4. The van der Waals surface area contributed by atoms with Gasteiger partial charge in [-0.2, -0.15) is 13.2 Å². The molecule has 2 aromatic heterocycles. The van der Waals surface area contributed by atoms with Crippen molar-refractivity contribution in [3.8, 4) is 5.75 Å². The summed E-state index contributed by atoms with van der Waals surface area (Å²) in [6, 6.07) is 0.474. The van der Waals surface area contributed by atoms with Crippen LogP contribution >= 0.6 is 0 Å². The standard InChI is InChI=1S/C15H15F4N5O/c1-25-11-8-21-14(22-9-11)24-4-2-23(3-5-24)13-12(16)6-10(7-20-13)15(17,18)19/h6-9H,2-5H2,1H3. The molecule has 10 heteroatoms. The fourth-order valence-electron chi connectivity index (χ4n) is 2.51. The van der Waals surface area contributed by atoms with Crippen LogP contribution in [0.3, 0.4) is 0 Å². The fourth-order valence-corrected chi connectivity index (χ4v) is 2.51. The summed E-state index contributed by atoms with van der Waals surface area (Å²) in [5.41, 5.74) is -1.10. The van der Waals surface area contributed by atoms with Crippen LogP contribution in [0, 0.1) is 5.82 Å². The SMILES string of the molecule is COc1cnc(N2CCN(c3ncc(C(F)(F)F)cc3F)CC2)nc1. The lowest BCUT2D eigenvalue weighted by molar-refractivity contribution is -0.138. The Balaban J connectivity index is 1.67. The molecule has 2 aromatic rings. The van der Waals surface area contributed by atoms with Gasteiger partial charge in [0.2, 0.25) is 5.95 Å². The number of nitrogens with zero attached hydrogens (tertiary/aromatic N) is 5. The molecule has 0 saturated carbocycles. The van der Waals surface area contributed by atoms with Crippen LogP contribution in [0.5, 0.6) is 5.75 Å². The van der Waals surface area contributed by atoms with E-state index in [1.807, 2.05) is 4.90 Å². The zero-order chi connectivity index (χ0) is 18.0. The average Bonchev–Trinajstić information content (AvgIpc) is 2.61. The Hall–Kier alpha value is -2.65. The van der Waals surface area contributed by atoms with E-state index >= 15 is 0 Å². The van der Waals surface area contributed by atoms with E-state index in [0.717, 1.165) is 0 Å². The minimum Gasteiger partial charge on any atom is -0.494 e. The van der Waals surface area contributed by atoms with Gasteiger partial charge in [-0.1, -0.05) is 0 Å². The number of aromatic nitrogens is 3. The molecular formula is C15H15F4N5O. The lowest BCUT2D eigenvalue weighted by atomic mass is 10.2. The van der Waals surface area contributed by atoms with Gasteiger partial charge in [0, 0.05) is 32.4 Å². The molecule has 0 N–H and O–H groups in total. The number of anilines is 2. The van der Waals surface area contributed by atoms with Crippen LogP contribution in [-0.2, 0) is 6.18 Å². The Labute approximate surface area is 141 Å². The molecule has 134 valence electrons. The molecule has 0 atom stereocenters. The highest BCUT2D eigenvalue weighted by molar-refractivity contribution is 5.44. The normalized spacial score (nSPS) is 15.4. The minimum absolute atomic E-state index is 0.0803. The predicted molar refractivity (Wildman–Crippen MR) is 82.2 cm³/mol. The van der Waals surface area contributed by atoms with E-state index in [9.17, 15) is 17.6 Å². The largest absolute Gasteiger partial charge is 0.494 e. The summed E-state index contributed by atoms with van der Waals surface area (Å²) in [4.78, 5) is 15.5. The number of hydrogen-bond donors (Lipinski definition) is 0. The molecule has 0 bridgehead atoms. The Kier molecular flexibility index (Phi) is 4.60. The Morgan fingerprint density at radius 1 is 0.960 bits per heavy atom. The van der Waals surface area contributed by atoms with Crippen LogP contribution in [-0.4, -0.2) is 48.2 Å². The van der Waals surface area contributed by atoms with Crippen molar-refractivity contribution in [2.24, 2.45) is 0 Å².